The van der Waals surface area contributed by atoms with Gasteiger partial charge in [0.2, 0.25) is 0 Å². The zero-order chi connectivity index (χ0) is 20.0. The molecule has 5 aromatic rings. The Morgan fingerprint density at radius 2 is 1.55 bits per heavy atom. The molecule has 0 aliphatic rings. The Hall–Kier alpha value is -3.74. The SMILES string of the molecule is FC(F)(F)c1ccc(-c2cnc3cc(-c4ccc5[nH]ccc5c4)cnc3n2)cc1. The maximum Gasteiger partial charge on any atom is 0.416 e. The summed E-state index contributed by atoms with van der Waals surface area (Å²) in [4.78, 5) is 16.4. The van der Waals surface area contributed by atoms with Gasteiger partial charge in [0.05, 0.1) is 17.5 Å². The highest BCUT2D eigenvalue weighted by Crippen LogP contribution is 2.31. The molecule has 0 atom stereocenters. The molecule has 3 aromatic heterocycles. The summed E-state index contributed by atoms with van der Waals surface area (Å²) in [7, 11) is 0. The first-order valence-electron chi connectivity index (χ1n) is 8.85. The molecule has 0 amide bonds. The Balaban J connectivity index is 1.50. The second-order valence-electron chi connectivity index (χ2n) is 6.68. The number of rotatable bonds is 2. The van der Waals surface area contributed by atoms with Crippen molar-refractivity contribution < 1.29 is 13.2 Å². The topological polar surface area (TPSA) is 54.5 Å². The molecule has 1 N–H and O–H groups in total. The van der Waals surface area contributed by atoms with Crippen LogP contribution in [0.1, 0.15) is 5.56 Å². The van der Waals surface area contributed by atoms with Gasteiger partial charge in [0.25, 0.3) is 0 Å². The Morgan fingerprint density at radius 1 is 0.759 bits per heavy atom. The molecule has 0 fully saturated rings. The van der Waals surface area contributed by atoms with Gasteiger partial charge in [-0.05, 0) is 47.3 Å². The standard InChI is InChI=1S/C22H13F3N4/c23-22(24,25)17-4-1-13(2-5-17)20-12-27-19-10-16(11-28-21(19)29-20)14-3-6-18-15(9-14)7-8-26-18/h1-12,26H. The zero-order valence-electron chi connectivity index (χ0n) is 14.9. The number of hydrogen-bond acceptors (Lipinski definition) is 3. The average molecular weight is 390 g/mol. The van der Waals surface area contributed by atoms with Crippen LogP contribution in [0.3, 0.4) is 0 Å². The van der Waals surface area contributed by atoms with Crippen LogP contribution in [0.2, 0.25) is 0 Å². The second-order valence-corrected chi connectivity index (χ2v) is 6.68. The maximum atomic E-state index is 12.7. The monoisotopic (exact) mass is 390 g/mol. The third kappa shape index (κ3) is 3.20. The number of aromatic nitrogens is 4. The van der Waals surface area contributed by atoms with Crippen molar-refractivity contribution in [3.8, 4) is 22.4 Å². The van der Waals surface area contributed by atoms with Crippen LogP contribution in [0.15, 0.2) is 73.2 Å². The minimum atomic E-state index is -4.37. The molecule has 7 heteroatoms. The van der Waals surface area contributed by atoms with Gasteiger partial charge in [0, 0.05) is 29.0 Å². The minimum absolute atomic E-state index is 0.439. The van der Waals surface area contributed by atoms with Crippen molar-refractivity contribution in [1.29, 1.82) is 0 Å². The van der Waals surface area contributed by atoms with Gasteiger partial charge in [-0.3, -0.25) is 4.98 Å². The summed E-state index contributed by atoms with van der Waals surface area (Å²) in [6.07, 6.45) is 0.795. The number of nitrogens with one attached hydrogen (secondary N) is 1. The lowest BCUT2D eigenvalue weighted by Crippen LogP contribution is -2.04. The first-order chi connectivity index (χ1) is 14.0. The van der Waals surface area contributed by atoms with E-state index in [0.29, 0.717) is 22.4 Å². The summed E-state index contributed by atoms with van der Waals surface area (Å²) in [6.45, 7) is 0. The number of hydrogen-bond donors (Lipinski definition) is 1. The third-order valence-corrected chi connectivity index (χ3v) is 4.79. The number of aromatic amines is 1. The van der Waals surface area contributed by atoms with Crippen LogP contribution >= 0.6 is 0 Å². The van der Waals surface area contributed by atoms with E-state index in [1.54, 1.807) is 12.4 Å². The lowest BCUT2D eigenvalue weighted by Gasteiger charge is -2.08. The first-order valence-corrected chi connectivity index (χ1v) is 8.85. The van der Waals surface area contributed by atoms with Crippen LogP contribution in [0, 0.1) is 0 Å². The van der Waals surface area contributed by atoms with Gasteiger partial charge < -0.3 is 4.98 Å². The van der Waals surface area contributed by atoms with Crippen LogP contribution in [-0.2, 0) is 6.18 Å². The van der Waals surface area contributed by atoms with E-state index in [1.807, 2.05) is 30.5 Å². The molecule has 0 spiro atoms. The van der Waals surface area contributed by atoms with Crippen molar-refractivity contribution in [2.45, 2.75) is 6.18 Å². The van der Waals surface area contributed by atoms with Crippen molar-refractivity contribution in [2.24, 2.45) is 0 Å². The molecule has 0 aliphatic carbocycles. The summed E-state index contributed by atoms with van der Waals surface area (Å²) >= 11 is 0. The van der Waals surface area contributed by atoms with Gasteiger partial charge in [0.15, 0.2) is 5.65 Å². The highest BCUT2D eigenvalue weighted by Gasteiger charge is 2.30. The molecule has 5 rings (SSSR count). The second kappa shape index (κ2) is 6.41. The van der Waals surface area contributed by atoms with Crippen LogP contribution in [0.4, 0.5) is 13.2 Å². The summed E-state index contributed by atoms with van der Waals surface area (Å²) in [5.41, 5.74) is 4.37. The summed E-state index contributed by atoms with van der Waals surface area (Å²) < 4.78 is 38.2. The van der Waals surface area contributed by atoms with Crippen molar-refractivity contribution in [3.05, 3.63) is 78.8 Å². The van der Waals surface area contributed by atoms with Crippen LogP contribution in [-0.4, -0.2) is 19.9 Å². The zero-order valence-corrected chi connectivity index (χ0v) is 14.9. The fraction of sp³-hybridized carbons (Fsp3) is 0.0455. The Morgan fingerprint density at radius 3 is 2.34 bits per heavy atom. The molecule has 29 heavy (non-hydrogen) atoms. The molecule has 0 saturated carbocycles. The fourth-order valence-electron chi connectivity index (χ4n) is 3.26. The summed E-state index contributed by atoms with van der Waals surface area (Å²) in [6, 6.07) is 14.8. The van der Waals surface area contributed by atoms with Gasteiger partial charge in [-0.25, -0.2) is 9.97 Å². The van der Waals surface area contributed by atoms with Gasteiger partial charge in [-0.1, -0.05) is 18.2 Å². The Kier molecular flexibility index (Phi) is 3.84. The van der Waals surface area contributed by atoms with Crippen molar-refractivity contribution in [2.75, 3.05) is 0 Å². The predicted molar refractivity (Wildman–Crippen MR) is 105 cm³/mol. The summed E-state index contributed by atoms with van der Waals surface area (Å²) in [5.74, 6) is 0. The van der Waals surface area contributed by atoms with Crippen LogP contribution < -0.4 is 0 Å². The fourth-order valence-corrected chi connectivity index (χ4v) is 3.26. The number of fused-ring (bicyclic) bond motifs is 2. The normalized spacial score (nSPS) is 12.0. The molecule has 142 valence electrons. The smallest absolute Gasteiger partial charge is 0.361 e. The third-order valence-electron chi connectivity index (χ3n) is 4.79. The number of halogens is 3. The van der Waals surface area contributed by atoms with E-state index >= 15 is 0 Å². The van der Waals surface area contributed by atoms with E-state index < -0.39 is 11.7 Å². The highest BCUT2D eigenvalue weighted by molar-refractivity contribution is 5.86. The van der Waals surface area contributed by atoms with E-state index in [0.717, 1.165) is 34.2 Å². The molecule has 0 saturated heterocycles. The molecule has 3 heterocycles. The molecule has 4 nitrogen and oxygen atoms in total. The molecule has 2 aromatic carbocycles. The molecule has 0 unspecified atom stereocenters. The number of benzene rings is 2. The number of nitrogens with zero attached hydrogens (tertiary/aromatic N) is 3. The predicted octanol–water partition coefficient (Wildman–Crippen LogP) is 5.86. The maximum absolute atomic E-state index is 12.7. The largest absolute Gasteiger partial charge is 0.416 e. The Bertz CT molecular complexity index is 1340. The number of pyridine rings is 1. The van der Waals surface area contributed by atoms with Crippen molar-refractivity contribution in [1.82, 2.24) is 19.9 Å². The molecule has 0 bridgehead atoms. The van der Waals surface area contributed by atoms with Crippen LogP contribution in [0.5, 0.6) is 0 Å². The lowest BCUT2D eigenvalue weighted by molar-refractivity contribution is -0.137. The molecular weight excluding hydrogens is 377 g/mol. The summed E-state index contributed by atoms with van der Waals surface area (Å²) in [5, 5.41) is 1.10. The first kappa shape index (κ1) is 17.4. The van der Waals surface area contributed by atoms with Gasteiger partial charge in [-0.15, -0.1) is 0 Å². The van der Waals surface area contributed by atoms with E-state index in [1.165, 1.54) is 12.1 Å². The van der Waals surface area contributed by atoms with E-state index in [2.05, 4.69) is 26.0 Å². The van der Waals surface area contributed by atoms with E-state index in [-0.39, 0.29) is 0 Å². The van der Waals surface area contributed by atoms with Gasteiger partial charge in [0.1, 0.15) is 5.52 Å². The average Bonchev–Trinajstić information content (AvgIpc) is 3.20. The highest BCUT2D eigenvalue weighted by atomic mass is 19.4. The van der Waals surface area contributed by atoms with Crippen molar-refractivity contribution in [3.63, 3.8) is 0 Å². The van der Waals surface area contributed by atoms with E-state index in [4.69, 9.17) is 0 Å². The molecule has 0 aliphatic heterocycles. The van der Waals surface area contributed by atoms with E-state index in [9.17, 15) is 13.2 Å². The quantitative estimate of drug-likeness (QED) is 0.411. The van der Waals surface area contributed by atoms with Crippen LogP contribution in [0.25, 0.3) is 44.5 Å². The Labute approximate surface area is 163 Å². The number of alkyl halides is 3. The minimum Gasteiger partial charge on any atom is -0.361 e. The van der Waals surface area contributed by atoms with Gasteiger partial charge >= 0.3 is 6.18 Å². The number of H-pyrrole nitrogens is 1. The lowest BCUT2D eigenvalue weighted by atomic mass is 10.1. The van der Waals surface area contributed by atoms with Crippen molar-refractivity contribution >= 4 is 22.1 Å². The molecular formula is C22H13F3N4. The molecule has 0 radical (unpaired) electrons. The van der Waals surface area contributed by atoms with Gasteiger partial charge in [-0.2, -0.15) is 13.2 Å².